The highest BCUT2D eigenvalue weighted by Crippen LogP contribution is 2.41. The van der Waals surface area contributed by atoms with Gasteiger partial charge in [-0.25, -0.2) is 9.97 Å². The third kappa shape index (κ3) is 4.78. The number of aromatic nitrogens is 3. The molecular formula is C28H30ClN7O2. The normalized spacial score (nSPS) is 13.5. The summed E-state index contributed by atoms with van der Waals surface area (Å²) in [6, 6.07) is 12.3. The Balaban J connectivity index is 1.52. The van der Waals surface area contributed by atoms with E-state index in [-0.39, 0.29) is 5.91 Å². The summed E-state index contributed by atoms with van der Waals surface area (Å²) in [6.45, 7) is 5.27. The van der Waals surface area contributed by atoms with Gasteiger partial charge in [0, 0.05) is 54.9 Å². The second-order valence-electron chi connectivity index (χ2n) is 9.47. The molecule has 2 aromatic carbocycles. The Bertz CT molecular complexity index is 1530. The number of hydrogen-bond acceptors (Lipinski definition) is 7. The summed E-state index contributed by atoms with van der Waals surface area (Å²) in [6.07, 6.45) is 4.84. The van der Waals surface area contributed by atoms with Gasteiger partial charge >= 0.3 is 0 Å². The first kappa shape index (κ1) is 25.6. The molecular weight excluding hydrogens is 502 g/mol. The quantitative estimate of drug-likeness (QED) is 0.312. The molecule has 0 radical (unpaired) electrons. The Morgan fingerprint density at radius 3 is 2.71 bits per heavy atom. The lowest BCUT2D eigenvalue weighted by molar-refractivity contribution is -0.111. The van der Waals surface area contributed by atoms with Crippen molar-refractivity contribution in [2.45, 2.75) is 6.04 Å². The average molecular weight is 532 g/mol. The maximum Gasteiger partial charge on any atom is 0.247 e. The topological polar surface area (TPSA) is 87.5 Å². The van der Waals surface area contributed by atoms with E-state index in [2.05, 4.69) is 52.2 Å². The van der Waals surface area contributed by atoms with Crippen LogP contribution in [0.1, 0.15) is 0 Å². The molecule has 196 valence electrons. The van der Waals surface area contributed by atoms with E-state index in [9.17, 15) is 4.79 Å². The molecule has 5 rings (SSSR count). The molecule has 1 aliphatic heterocycles. The second kappa shape index (κ2) is 10.4. The zero-order valence-corrected chi connectivity index (χ0v) is 22.6. The lowest BCUT2D eigenvalue weighted by Crippen LogP contribution is -2.57. The first-order chi connectivity index (χ1) is 18.3. The van der Waals surface area contributed by atoms with Gasteiger partial charge in [-0.1, -0.05) is 36.4 Å². The van der Waals surface area contributed by atoms with Crippen LogP contribution >= 0.6 is 11.6 Å². The van der Waals surface area contributed by atoms with E-state index >= 15 is 0 Å². The van der Waals surface area contributed by atoms with E-state index in [1.807, 2.05) is 48.1 Å². The van der Waals surface area contributed by atoms with Gasteiger partial charge in [-0.15, -0.1) is 0 Å². The monoisotopic (exact) mass is 531 g/mol. The van der Waals surface area contributed by atoms with Crippen LogP contribution < -0.4 is 20.3 Å². The van der Waals surface area contributed by atoms with Gasteiger partial charge in [0.05, 0.1) is 41.1 Å². The number of carbonyl (C=O) groups is 1. The fraction of sp³-hybridized carbons (Fsp3) is 0.250. The molecule has 10 heteroatoms. The van der Waals surface area contributed by atoms with Crippen molar-refractivity contribution >= 4 is 51.4 Å². The van der Waals surface area contributed by atoms with Gasteiger partial charge in [-0.05, 0) is 32.3 Å². The van der Waals surface area contributed by atoms with Gasteiger partial charge in [0.25, 0.3) is 0 Å². The standard InChI is InChI=1S/C28H30ClN7O2/c1-6-26(37)31-21-11-22(25(38-5)12-24(21)36-14-17(15-36)34(2)3)32-28-30-13-20(29)27(33-28)19-16-35(4)23-10-8-7-9-18(19)23/h6-13,16-17H,1,14-15H2,2-5H3,(H,31,37)(H,30,32,33). The van der Waals surface area contributed by atoms with Gasteiger partial charge < -0.3 is 29.7 Å². The molecule has 0 bridgehead atoms. The number of nitrogens with one attached hydrogen (secondary N) is 2. The van der Waals surface area contributed by atoms with E-state index in [4.69, 9.17) is 21.3 Å². The molecule has 1 saturated heterocycles. The number of benzene rings is 2. The highest BCUT2D eigenvalue weighted by molar-refractivity contribution is 6.33. The van der Waals surface area contributed by atoms with Crippen molar-refractivity contribution in [3.8, 4) is 17.0 Å². The van der Waals surface area contributed by atoms with Gasteiger partial charge in [0.1, 0.15) is 5.75 Å². The van der Waals surface area contributed by atoms with Gasteiger partial charge in [-0.3, -0.25) is 4.79 Å². The van der Waals surface area contributed by atoms with Crippen LogP contribution in [0.5, 0.6) is 5.75 Å². The van der Waals surface area contributed by atoms with E-state index in [1.54, 1.807) is 13.3 Å². The average Bonchev–Trinajstić information content (AvgIpc) is 3.21. The molecule has 38 heavy (non-hydrogen) atoms. The van der Waals surface area contributed by atoms with Crippen LogP contribution in [0.3, 0.4) is 0 Å². The minimum Gasteiger partial charge on any atom is -0.494 e. The highest BCUT2D eigenvalue weighted by Gasteiger charge is 2.31. The molecule has 9 nitrogen and oxygen atoms in total. The van der Waals surface area contributed by atoms with Crippen molar-refractivity contribution in [2.24, 2.45) is 7.05 Å². The summed E-state index contributed by atoms with van der Waals surface area (Å²) in [5.74, 6) is 0.643. The molecule has 0 atom stereocenters. The summed E-state index contributed by atoms with van der Waals surface area (Å²) < 4.78 is 7.76. The van der Waals surface area contributed by atoms with Crippen LogP contribution in [-0.4, -0.2) is 65.7 Å². The van der Waals surface area contributed by atoms with Crippen molar-refractivity contribution in [1.29, 1.82) is 0 Å². The fourth-order valence-electron chi connectivity index (χ4n) is 4.63. The number of methoxy groups -OCH3 is 1. The Hall–Kier alpha value is -4.08. The van der Waals surface area contributed by atoms with Crippen molar-refractivity contribution < 1.29 is 9.53 Å². The SMILES string of the molecule is C=CC(=O)Nc1cc(Nc2ncc(Cl)c(-c3cn(C)c4ccccc34)n2)c(OC)cc1N1CC(N(C)C)C1. The largest absolute Gasteiger partial charge is 0.494 e. The number of rotatable bonds is 8. The number of amides is 1. The molecule has 0 saturated carbocycles. The number of carbonyl (C=O) groups excluding carboxylic acids is 1. The molecule has 2 aromatic heterocycles. The maximum atomic E-state index is 12.3. The van der Waals surface area contributed by atoms with E-state index in [0.29, 0.717) is 39.8 Å². The van der Waals surface area contributed by atoms with Crippen molar-refractivity contribution in [2.75, 3.05) is 49.8 Å². The predicted molar refractivity (Wildman–Crippen MR) is 154 cm³/mol. The van der Waals surface area contributed by atoms with Gasteiger partial charge in [0.2, 0.25) is 11.9 Å². The summed E-state index contributed by atoms with van der Waals surface area (Å²) in [4.78, 5) is 25.8. The number of hydrogen-bond donors (Lipinski definition) is 2. The van der Waals surface area contributed by atoms with Crippen LogP contribution in [-0.2, 0) is 11.8 Å². The van der Waals surface area contributed by atoms with Crippen LogP contribution in [0.4, 0.5) is 23.0 Å². The summed E-state index contributed by atoms with van der Waals surface area (Å²) in [7, 11) is 7.73. The van der Waals surface area contributed by atoms with Crippen LogP contribution in [0.15, 0.2) is 61.4 Å². The van der Waals surface area contributed by atoms with Crippen molar-refractivity contribution in [3.63, 3.8) is 0 Å². The molecule has 4 aromatic rings. The summed E-state index contributed by atoms with van der Waals surface area (Å²) >= 11 is 6.56. The van der Waals surface area contributed by atoms with E-state index in [0.717, 1.165) is 35.2 Å². The molecule has 0 spiro atoms. The molecule has 0 unspecified atom stereocenters. The van der Waals surface area contributed by atoms with Crippen molar-refractivity contribution in [1.82, 2.24) is 19.4 Å². The number of aryl methyl sites for hydroxylation is 1. The lowest BCUT2D eigenvalue weighted by Gasteiger charge is -2.45. The smallest absolute Gasteiger partial charge is 0.247 e. The number of nitrogens with zero attached hydrogens (tertiary/aromatic N) is 5. The number of fused-ring (bicyclic) bond motifs is 1. The minimum absolute atomic E-state index is 0.298. The van der Waals surface area contributed by atoms with Crippen LogP contribution in [0.2, 0.25) is 5.02 Å². The number of ether oxygens (including phenoxy) is 1. The zero-order valence-electron chi connectivity index (χ0n) is 21.8. The van der Waals surface area contributed by atoms with Crippen LogP contribution in [0.25, 0.3) is 22.2 Å². The molecule has 1 amide bonds. The van der Waals surface area contributed by atoms with Gasteiger partial charge in [0.15, 0.2) is 0 Å². The number of para-hydroxylation sites is 1. The third-order valence-electron chi connectivity index (χ3n) is 6.84. The first-order valence-corrected chi connectivity index (χ1v) is 12.6. The summed E-state index contributed by atoms with van der Waals surface area (Å²) in [5, 5.41) is 7.68. The molecule has 3 heterocycles. The summed E-state index contributed by atoms with van der Waals surface area (Å²) in [5.41, 5.74) is 4.72. The lowest BCUT2D eigenvalue weighted by atomic mass is 10.0. The van der Waals surface area contributed by atoms with Crippen LogP contribution in [0, 0.1) is 0 Å². The van der Waals surface area contributed by atoms with Crippen molar-refractivity contribution in [3.05, 3.63) is 66.5 Å². The second-order valence-corrected chi connectivity index (χ2v) is 9.88. The minimum atomic E-state index is -0.298. The predicted octanol–water partition coefficient (Wildman–Crippen LogP) is 4.92. The number of halogens is 1. The van der Waals surface area contributed by atoms with E-state index in [1.165, 1.54) is 6.08 Å². The van der Waals surface area contributed by atoms with E-state index < -0.39 is 0 Å². The third-order valence-corrected chi connectivity index (χ3v) is 7.11. The Morgan fingerprint density at radius 2 is 2.00 bits per heavy atom. The Kier molecular flexibility index (Phi) is 6.96. The fourth-order valence-corrected chi connectivity index (χ4v) is 4.82. The molecule has 0 aliphatic carbocycles. The zero-order chi connectivity index (χ0) is 27.0. The first-order valence-electron chi connectivity index (χ1n) is 12.2. The molecule has 1 fully saturated rings. The number of anilines is 4. The molecule has 2 N–H and O–H groups in total. The van der Waals surface area contributed by atoms with Gasteiger partial charge in [-0.2, -0.15) is 0 Å². The Morgan fingerprint density at radius 1 is 1.24 bits per heavy atom. The maximum absolute atomic E-state index is 12.3. The molecule has 1 aliphatic rings. The Labute approximate surface area is 226 Å². The highest BCUT2D eigenvalue weighted by atomic mass is 35.5. The number of likely N-dealkylation sites (N-methyl/N-ethyl adjacent to an activating group) is 1.